The van der Waals surface area contributed by atoms with Crippen molar-refractivity contribution in [2.75, 3.05) is 7.11 Å². The summed E-state index contributed by atoms with van der Waals surface area (Å²) >= 11 is 0. The summed E-state index contributed by atoms with van der Waals surface area (Å²) in [6.07, 6.45) is 3.25. The van der Waals surface area contributed by atoms with Crippen LogP contribution in [0.25, 0.3) is 16.7 Å². The second-order valence-electron chi connectivity index (χ2n) is 9.09. The number of nitrogens with zero attached hydrogens (tertiary/aromatic N) is 6. The number of hydrogen-bond acceptors (Lipinski definition) is 6. The second kappa shape index (κ2) is 9.97. The number of hydrazone groups is 1. The SMILES string of the molecule is COc1ccc([C@@H]2CC(c3ccccc3)=NN2C(=O)Cn2cnc3c(cnn3-c3ccc(F)cc3)c2=O)cc1. The molecule has 1 aliphatic rings. The maximum absolute atomic E-state index is 13.6. The number of aromatic nitrogens is 4. The molecule has 10 heteroatoms. The van der Waals surface area contributed by atoms with E-state index in [2.05, 4.69) is 15.2 Å². The van der Waals surface area contributed by atoms with Gasteiger partial charge in [0.25, 0.3) is 11.5 Å². The molecular formula is C29H23FN6O3. The topological polar surface area (TPSA) is 94.6 Å². The normalized spacial score (nSPS) is 15.0. The number of carbonyl (C=O) groups excluding carboxylic acids is 1. The van der Waals surface area contributed by atoms with Crippen LogP contribution in [0.2, 0.25) is 0 Å². The van der Waals surface area contributed by atoms with Gasteiger partial charge in [0.2, 0.25) is 0 Å². The van der Waals surface area contributed by atoms with E-state index in [0.29, 0.717) is 23.5 Å². The van der Waals surface area contributed by atoms with Crippen molar-refractivity contribution in [1.29, 1.82) is 0 Å². The monoisotopic (exact) mass is 522 g/mol. The zero-order chi connectivity index (χ0) is 26.9. The van der Waals surface area contributed by atoms with Crippen LogP contribution < -0.4 is 10.3 Å². The van der Waals surface area contributed by atoms with Gasteiger partial charge in [-0.15, -0.1) is 0 Å². The van der Waals surface area contributed by atoms with Gasteiger partial charge in [0.15, 0.2) is 5.65 Å². The largest absolute Gasteiger partial charge is 0.497 e. The Morgan fingerprint density at radius 2 is 1.77 bits per heavy atom. The van der Waals surface area contributed by atoms with Crippen LogP contribution in [0.15, 0.2) is 101 Å². The molecule has 39 heavy (non-hydrogen) atoms. The average Bonchev–Trinajstić information content (AvgIpc) is 3.61. The molecule has 1 atom stereocenters. The lowest BCUT2D eigenvalue weighted by Crippen LogP contribution is -2.34. The van der Waals surface area contributed by atoms with Gasteiger partial charge >= 0.3 is 0 Å². The van der Waals surface area contributed by atoms with Crippen molar-refractivity contribution in [3.05, 3.63) is 119 Å². The maximum Gasteiger partial charge on any atom is 0.264 e. The highest BCUT2D eigenvalue weighted by molar-refractivity contribution is 6.03. The van der Waals surface area contributed by atoms with Gasteiger partial charge < -0.3 is 4.74 Å². The molecule has 9 nitrogen and oxygen atoms in total. The van der Waals surface area contributed by atoms with Gasteiger partial charge in [0.1, 0.15) is 29.8 Å². The summed E-state index contributed by atoms with van der Waals surface area (Å²) in [6, 6.07) is 22.6. The molecule has 0 saturated carbocycles. The number of ether oxygens (including phenoxy) is 1. The number of amides is 1. The van der Waals surface area contributed by atoms with Crippen LogP contribution in [0.1, 0.15) is 23.6 Å². The average molecular weight is 523 g/mol. The highest BCUT2D eigenvalue weighted by Gasteiger charge is 2.33. The molecule has 0 unspecified atom stereocenters. The zero-order valence-corrected chi connectivity index (χ0v) is 20.9. The first kappa shape index (κ1) is 24.2. The molecule has 1 amide bonds. The molecule has 3 heterocycles. The first-order valence-corrected chi connectivity index (χ1v) is 12.3. The van der Waals surface area contributed by atoms with Crippen LogP contribution in [-0.2, 0) is 11.3 Å². The zero-order valence-electron chi connectivity index (χ0n) is 20.9. The number of methoxy groups -OCH3 is 1. The molecular weight excluding hydrogens is 499 g/mol. The van der Waals surface area contributed by atoms with Gasteiger partial charge in [0.05, 0.1) is 30.7 Å². The van der Waals surface area contributed by atoms with E-state index in [4.69, 9.17) is 4.74 Å². The van der Waals surface area contributed by atoms with Crippen molar-refractivity contribution < 1.29 is 13.9 Å². The van der Waals surface area contributed by atoms with E-state index < -0.39 is 5.56 Å². The summed E-state index contributed by atoms with van der Waals surface area (Å²) in [5.41, 5.74) is 3.09. The number of carbonyl (C=O) groups is 1. The minimum Gasteiger partial charge on any atom is -0.497 e. The van der Waals surface area contributed by atoms with E-state index >= 15 is 0 Å². The fourth-order valence-electron chi connectivity index (χ4n) is 4.68. The fraction of sp³-hybridized carbons (Fsp3) is 0.138. The van der Waals surface area contributed by atoms with E-state index in [9.17, 15) is 14.0 Å². The van der Waals surface area contributed by atoms with Crippen LogP contribution >= 0.6 is 0 Å². The van der Waals surface area contributed by atoms with Gasteiger partial charge in [-0.1, -0.05) is 42.5 Å². The first-order chi connectivity index (χ1) is 19.0. The first-order valence-electron chi connectivity index (χ1n) is 12.3. The molecule has 0 N–H and O–H groups in total. The number of halogens is 1. The van der Waals surface area contributed by atoms with Crippen LogP contribution in [-0.4, -0.2) is 43.1 Å². The van der Waals surface area contributed by atoms with E-state index in [1.165, 1.54) is 38.9 Å². The van der Waals surface area contributed by atoms with Gasteiger partial charge in [0, 0.05) is 6.42 Å². The summed E-state index contributed by atoms with van der Waals surface area (Å²) < 4.78 is 21.3. The lowest BCUT2D eigenvalue weighted by atomic mass is 9.98. The number of benzene rings is 3. The quantitative estimate of drug-likeness (QED) is 0.335. The van der Waals surface area contributed by atoms with E-state index in [0.717, 1.165) is 16.8 Å². The summed E-state index contributed by atoms with van der Waals surface area (Å²) in [7, 11) is 1.60. The minimum absolute atomic E-state index is 0.247. The number of rotatable bonds is 6. The standard InChI is InChI=1S/C29H23FN6O3/c1-39-23-13-7-20(8-14-23)26-15-25(19-5-3-2-4-6-19)33-36(26)27(37)17-34-18-31-28-24(29(34)38)16-32-35(28)22-11-9-21(30)10-12-22/h2-14,16,18,26H,15,17H2,1H3/t26-/m0/s1. The Morgan fingerprint density at radius 1 is 1.03 bits per heavy atom. The summed E-state index contributed by atoms with van der Waals surface area (Å²) in [4.78, 5) is 31.3. The Balaban J connectivity index is 1.32. The third-order valence-electron chi connectivity index (χ3n) is 6.70. The summed E-state index contributed by atoms with van der Waals surface area (Å²) in [5.74, 6) is -0.0150. The summed E-state index contributed by atoms with van der Waals surface area (Å²) in [6.45, 7) is -0.248. The van der Waals surface area contributed by atoms with Crippen molar-refractivity contribution in [3.8, 4) is 11.4 Å². The van der Waals surface area contributed by atoms with Crippen molar-refractivity contribution in [1.82, 2.24) is 24.3 Å². The van der Waals surface area contributed by atoms with Crippen molar-refractivity contribution in [2.45, 2.75) is 19.0 Å². The number of fused-ring (bicyclic) bond motifs is 1. The van der Waals surface area contributed by atoms with Gasteiger partial charge in [-0.3, -0.25) is 14.2 Å². The molecule has 0 spiro atoms. The predicted octanol–water partition coefficient (Wildman–Crippen LogP) is 4.11. The van der Waals surface area contributed by atoms with Crippen molar-refractivity contribution in [3.63, 3.8) is 0 Å². The molecule has 0 radical (unpaired) electrons. The Labute approximate surface area is 222 Å². The molecule has 0 bridgehead atoms. The predicted molar refractivity (Wildman–Crippen MR) is 143 cm³/mol. The van der Waals surface area contributed by atoms with E-state index in [1.807, 2.05) is 54.6 Å². The molecule has 5 aromatic rings. The molecule has 3 aromatic carbocycles. The third-order valence-corrected chi connectivity index (χ3v) is 6.70. The van der Waals surface area contributed by atoms with Crippen LogP contribution in [0.4, 0.5) is 4.39 Å². The smallest absolute Gasteiger partial charge is 0.264 e. The van der Waals surface area contributed by atoms with Gasteiger partial charge in [-0.25, -0.2) is 19.1 Å². The van der Waals surface area contributed by atoms with Crippen LogP contribution in [0.3, 0.4) is 0 Å². The maximum atomic E-state index is 13.6. The minimum atomic E-state index is -0.408. The van der Waals surface area contributed by atoms with Gasteiger partial charge in [-0.2, -0.15) is 10.2 Å². The van der Waals surface area contributed by atoms with Crippen LogP contribution in [0.5, 0.6) is 5.75 Å². The molecule has 194 valence electrons. The molecule has 0 aliphatic carbocycles. The Morgan fingerprint density at radius 3 is 2.49 bits per heavy atom. The van der Waals surface area contributed by atoms with E-state index in [1.54, 1.807) is 19.2 Å². The lowest BCUT2D eigenvalue weighted by Gasteiger charge is -2.22. The molecule has 2 aromatic heterocycles. The highest BCUT2D eigenvalue weighted by atomic mass is 19.1. The molecule has 6 rings (SSSR count). The molecule has 0 fully saturated rings. The summed E-state index contributed by atoms with van der Waals surface area (Å²) in [5, 5.41) is 10.6. The molecule has 0 saturated heterocycles. The third kappa shape index (κ3) is 4.56. The second-order valence-corrected chi connectivity index (χ2v) is 9.09. The number of hydrogen-bond donors (Lipinski definition) is 0. The Hall–Kier alpha value is -5.12. The van der Waals surface area contributed by atoms with E-state index in [-0.39, 0.29) is 29.7 Å². The Bertz CT molecular complexity index is 1740. The lowest BCUT2D eigenvalue weighted by molar-refractivity contribution is -0.133. The van der Waals surface area contributed by atoms with Crippen molar-refractivity contribution in [2.24, 2.45) is 5.10 Å². The van der Waals surface area contributed by atoms with Crippen molar-refractivity contribution >= 4 is 22.7 Å². The highest BCUT2D eigenvalue weighted by Crippen LogP contribution is 2.33. The molecule has 1 aliphatic heterocycles. The van der Waals surface area contributed by atoms with Crippen LogP contribution in [0, 0.1) is 5.82 Å². The Kier molecular flexibility index (Phi) is 6.20. The fourth-order valence-corrected chi connectivity index (χ4v) is 4.68. The van der Waals surface area contributed by atoms with Gasteiger partial charge in [-0.05, 0) is 47.5 Å².